The van der Waals surface area contributed by atoms with Crippen molar-refractivity contribution in [2.75, 3.05) is 0 Å². The van der Waals surface area contributed by atoms with Gasteiger partial charge in [0.1, 0.15) is 0 Å². The van der Waals surface area contributed by atoms with Crippen molar-refractivity contribution >= 4 is 12.0 Å². The molecule has 0 unspecified atom stereocenters. The standard InChI is InChI=1S/C13H11NO2/c1-10(13(15)16)7-12(9-14)8-11-5-3-2-4-6-11/h2-6,8H,1,7H2,(H,15,16). The maximum Gasteiger partial charge on any atom is 0.331 e. The van der Waals surface area contributed by atoms with Gasteiger partial charge in [-0.15, -0.1) is 0 Å². The minimum Gasteiger partial charge on any atom is -0.478 e. The second-order valence-corrected chi connectivity index (χ2v) is 3.28. The van der Waals surface area contributed by atoms with Crippen LogP contribution in [0.3, 0.4) is 0 Å². The maximum atomic E-state index is 10.6. The van der Waals surface area contributed by atoms with E-state index in [9.17, 15) is 4.79 Å². The highest BCUT2D eigenvalue weighted by molar-refractivity contribution is 5.86. The summed E-state index contributed by atoms with van der Waals surface area (Å²) in [6.45, 7) is 3.39. The van der Waals surface area contributed by atoms with Gasteiger partial charge in [-0.25, -0.2) is 4.79 Å². The molecule has 1 N–H and O–H groups in total. The van der Waals surface area contributed by atoms with Crippen LogP contribution in [0.4, 0.5) is 0 Å². The molecule has 0 fully saturated rings. The Morgan fingerprint density at radius 1 is 1.44 bits per heavy atom. The lowest BCUT2D eigenvalue weighted by Gasteiger charge is -1.99. The number of hydrogen-bond acceptors (Lipinski definition) is 2. The van der Waals surface area contributed by atoms with E-state index >= 15 is 0 Å². The van der Waals surface area contributed by atoms with Gasteiger partial charge in [0.25, 0.3) is 0 Å². The van der Waals surface area contributed by atoms with Crippen molar-refractivity contribution in [1.82, 2.24) is 0 Å². The fraction of sp³-hybridized carbons (Fsp3) is 0.0769. The van der Waals surface area contributed by atoms with Crippen LogP contribution in [0.15, 0.2) is 48.1 Å². The zero-order valence-electron chi connectivity index (χ0n) is 8.68. The molecule has 3 heteroatoms. The Morgan fingerprint density at radius 2 is 2.06 bits per heavy atom. The zero-order valence-corrected chi connectivity index (χ0v) is 8.68. The third-order valence-corrected chi connectivity index (χ3v) is 1.99. The van der Waals surface area contributed by atoms with Crippen LogP contribution >= 0.6 is 0 Å². The summed E-state index contributed by atoms with van der Waals surface area (Å²) in [4.78, 5) is 10.6. The molecule has 1 aromatic carbocycles. The summed E-state index contributed by atoms with van der Waals surface area (Å²) in [6, 6.07) is 11.3. The fourth-order valence-electron chi connectivity index (χ4n) is 1.18. The summed E-state index contributed by atoms with van der Waals surface area (Å²) in [7, 11) is 0. The van der Waals surface area contributed by atoms with Gasteiger partial charge in [-0.05, 0) is 11.6 Å². The highest BCUT2D eigenvalue weighted by atomic mass is 16.4. The maximum absolute atomic E-state index is 10.6. The lowest BCUT2D eigenvalue weighted by Crippen LogP contribution is -1.99. The number of carbonyl (C=O) groups is 1. The van der Waals surface area contributed by atoms with Crippen molar-refractivity contribution in [3.05, 3.63) is 53.6 Å². The van der Waals surface area contributed by atoms with Crippen molar-refractivity contribution in [3.63, 3.8) is 0 Å². The molecule has 0 spiro atoms. The predicted molar refractivity (Wildman–Crippen MR) is 61.4 cm³/mol. The lowest BCUT2D eigenvalue weighted by atomic mass is 10.0. The van der Waals surface area contributed by atoms with E-state index in [2.05, 4.69) is 6.58 Å². The quantitative estimate of drug-likeness (QED) is 0.617. The molecule has 0 bridgehead atoms. The average Bonchev–Trinajstić information content (AvgIpc) is 2.29. The van der Waals surface area contributed by atoms with Crippen LogP contribution in [0.1, 0.15) is 12.0 Å². The molecule has 3 nitrogen and oxygen atoms in total. The van der Waals surface area contributed by atoms with Gasteiger partial charge in [0, 0.05) is 17.6 Å². The van der Waals surface area contributed by atoms with Crippen molar-refractivity contribution in [2.24, 2.45) is 0 Å². The summed E-state index contributed by atoms with van der Waals surface area (Å²) in [5.41, 5.74) is 1.28. The number of carboxylic acids is 1. The number of allylic oxidation sites excluding steroid dienone is 1. The third kappa shape index (κ3) is 3.43. The Kier molecular flexibility index (Phi) is 4.05. The molecular weight excluding hydrogens is 202 g/mol. The third-order valence-electron chi connectivity index (χ3n) is 1.99. The molecule has 0 aromatic heterocycles. The van der Waals surface area contributed by atoms with E-state index in [-0.39, 0.29) is 12.0 Å². The number of nitrogens with zero attached hydrogens (tertiary/aromatic N) is 1. The topological polar surface area (TPSA) is 61.1 Å². The molecule has 80 valence electrons. The Bertz CT molecular complexity index is 466. The Morgan fingerprint density at radius 3 is 2.56 bits per heavy atom. The van der Waals surface area contributed by atoms with E-state index in [1.807, 2.05) is 36.4 Å². The summed E-state index contributed by atoms with van der Waals surface area (Å²) < 4.78 is 0. The zero-order chi connectivity index (χ0) is 12.0. The lowest BCUT2D eigenvalue weighted by molar-refractivity contribution is -0.132. The van der Waals surface area contributed by atoms with Gasteiger partial charge < -0.3 is 5.11 Å². The van der Waals surface area contributed by atoms with Crippen LogP contribution in [0.25, 0.3) is 6.08 Å². The summed E-state index contributed by atoms with van der Waals surface area (Å²) in [5, 5.41) is 17.5. The minimum atomic E-state index is -1.07. The molecule has 0 radical (unpaired) electrons. The number of hydrogen-bond donors (Lipinski definition) is 1. The van der Waals surface area contributed by atoms with E-state index in [0.29, 0.717) is 5.57 Å². The molecule has 0 heterocycles. The van der Waals surface area contributed by atoms with Gasteiger partial charge in [-0.3, -0.25) is 0 Å². The van der Waals surface area contributed by atoms with Crippen LogP contribution < -0.4 is 0 Å². The van der Waals surface area contributed by atoms with E-state index < -0.39 is 5.97 Å². The number of benzene rings is 1. The molecule has 0 saturated heterocycles. The highest BCUT2D eigenvalue weighted by Gasteiger charge is 2.06. The largest absolute Gasteiger partial charge is 0.478 e. The number of rotatable bonds is 4. The van der Waals surface area contributed by atoms with Gasteiger partial charge in [0.15, 0.2) is 0 Å². The predicted octanol–water partition coefficient (Wildman–Crippen LogP) is 2.62. The first-order chi connectivity index (χ1) is 7.63. The number of nitriles is 1. The van der Waals surface area contributed by atoms with Crippen molar-refractivity contribution in [3.8, 4) is 6.07 Å². The van der Waals surface area contributed by atoms with E-state index in [4.69, 9.17) is 10.4 Å². The minimum absolute atomic E-state index is 0.0173. The molecule has 0 saturated carbocycles. The first-order valence-electron chi connectivity index (χ1n) is 4.70. The Hall–Kier alpha value is -2.34. The van der Waals surface area contributed by atoms with Crippen LogP contribution in [0.5, 0.6) is 0 Å². The molecule has 1 rings (SSSR count). The van der Waals surface area contributed by atoms with Crippen molar-refractivity contribution < 1.29 is 9.90 Å². The SMILES string of the molecule is C=C(CC(C#N)=Cc1ccccc1)C(=O)O. The Balaban J connectivity index is 2.84. The molecule has 0 aliphatic rings. The average molecular weight is 213 g/mol. The smallest absolute Gasteiger partial charge is 0.331 e. The van der Waals surface area contributed by atoms with Crippen molar-refractivity contribution in [1.29, 1.82) is 5.26 Å². The fourth-order valence-corrected chi connectivity index (χ4v) is 1.18. The first kappa shape index (κ1) is 11.7. The van der Waals surface area contributed by atoms with Gasteiger partial charge in [0.05, 0.1) is 6.07 Å². The van der Waals surface area contributed by atoms with Crippen LogP contribution in [0.2, 0.25) is 0 Å². The number of aliphatic carboxylic acids is 1. The van der Waals surface area contributed by atoms with Gasteiger partial charge in [-0.1, -0.05) is 36.9 Å². The monoisotopic (exact) mass is 213 g/mol. The Labute approximate surface area is 94.0 Å². The van der Waals surface area contributed by atoms with Gasteiger partial charge in [0.2, 0.25) is 0 Å². The molecular formula is C13H11NO2. The molecule has 1 aromatic rings. The highest BCUT2D eigenvalue weighted by Crippen LogP contribution is 2.13. The van der Waals surface area contributed by atoms with E-state index in [1.165, 1.54) is 0 Å². The van der Waals surface area contributed by atoms with Crippen molar-refractivity contribution in [2.45, 2.75) is 6.42 Å². The van der Waals surface area contributed by atoms with E-state index in [1.54, 1.807) is 6.08 Å². The molecule has 0 atom stereocenters. The molecule has 0 aliphatic heterocycles. The summed E-state index contributed by atoms with van der Waals surface area (Å²) in [6.07, 6.45) is 1.73. The van der Waals surface area contributed by atoms with Crippen LogP contribution in [-0.4, -0.2) is 11.1 Å². The number of carboxylic acid groups (broad SMARTS) is 1. The summed E-state index contributed by atoms with van der Waals surface area (Å²) >= 11 is 0. The summed E-state index contributed by atoms with van der Waals surface area (Å²) in [5.74, 6) is -1.07. The van der Waals surface area contributed by atoms with Crippen LogP contribution in [-0.2, 0) is 4.79 Å². The van der Waals surface area contributed by atoms with E-state index in [0.717, 1.165) is 5.56 Å². The second kappa shape index (κ2) is 5.52. The second-order valence-electron chi connectivity index (χ2n) is 3.28. The molecule has 0 amide bonds. The van der Waals surface area contributed by atoms with Gasteiger partial charge >= 0.3 is 5.97 Å². The first-order valence-corrected chi connectivity index (χ1v) is 4.70. The van der Waals surface area contributed by atoms with Gasteiger partial charge in [-0.2, -0.15) is 5.26 Å². The molecule has 0 aliphatic carbocycles. The molecule has 16 heavy (non-hydrogen) atoms. The normalized spacial score (nSPS) is 10.6. The van der Waals surface area contributed by atoms with Crippen LogP contribution in [0, 0.1) is 11.3 Å².